The van der Waals surface area contributed by atoms with Gasteiger partial charge in [-0.3, -0.25) is 9.59 Å². The molecule has 2 amide bonds. The highest BCUT2D eigenvalue weighted by atomic mass is 35.5. The number of nitrogens with zero attached hydrogens (tertiary/aromatic N) is 2. The van der Waals surface area contributed by atoms with Crippen LogP contribution in [0.4, 0.5) is 5.69 Å². The lowest BCUT2D eigenvalue weighted by Crippen LogP contribution is -2.54. The van der Waals surface area contributed by atoms with Gasteiger partial charge in [0.15, 0.2) is 0 Å². The fourth-order valence-electron chi connectivity index (χ4n) is 3.02. The van der Waals surface area contributed by atoms with Gasteiger partial charge in [0.05, 0.1) is 19.8 Å². The highest BCUT2D eigenvalue weighted by Gasteiger charge is 2.24. The lowest BCUT2D eigenvalue weighted by Gasteiger charge is -2.36. The van der Waals surface area contributed by atoms with Gasteiger partial charge in [-0.2, -0.15) is 0 Å². The minimum atomic E-state index is -0.374. The summed E-state index contributed by atoms with van der Waals surface area (Å²) in [6.07, 6.45) is 0. The van der Waals surface area contributed by atoms with Gasteiger partial charge in [0.1, 0.15) is 6.04 Å². The van der Waals surface area contributed by atoms with E-state index in [1.165, 1.54) is 0 Å². The fraction of sp³-hybridized carbons (Fsp3) is 0.529. The van der Waals surface area contributed by atoms with E-state index in [4.69, 9.17) is 16.3 Å². The van der Waals surface area contributed by atoms with Crippen LogP contribution in [0, 0.1) is 0 Å². The van der Waals surface area contributed by atoms with E-state index in [1.54, 1.807) is 4.90 Å². The van der Waals surface area contributed by atoms with Crippen molar-refractivity contribution < 1.29 is 14.3 Å². The number of nitrogens with one attached hydrogen (secondary N) is 2. The molecule has 0 radical (unpaired) electrons. The van der Waals surface area contributed by atoms with Crippen LogP contribution in [0.15, 0.2) is 24.3 Å². The van der Waals surface area contributed by atoms with Crippen LogP contribution < -0.4 is 15.5 Å². The second kappa shape index (κ2) is 11.6. The molecule has 2 fully saturated rings. The molecule has 1 unspecified atom stereocenters. The number of halogens is 3. The molecule has 152 valence electrons. The summed E-state index contributed by atoms with van der Waals surface area (Å²) in [5, 5.41) is 6.47. The number of hydrogen-bond donors (Lipinski definition) is 2. The lowest BCUT2D eigenvalue weighted by molar-refractivity contribution is -0.134. The van der Waals surface area contributed by atoms with E-state index in [9.17, 15) is 9.59 Å². The molecule has 1 aromatic rings. The van der Waals surface area contributed by atoms with Crippen LogP contribution in [-0.2, 0) is 14.3 Å². The van der Waals surface area contributed by atoms with Crippen molar-refractivity contribution in [2.45, 2.75) is 6.04 Å². The Morgan fingerprint density at radius 3 is 2.59 bits per heavy atom. The van der Waals surface area contributed by atoms with Crippen LogP contribution in [0.2, 0.25) is 5.02 Å². The Hall–Kier alpha value is -1.25. The topological polar surface area (TPSA) is 73.9 Å². The third-order valence-electron chi connectivity index (χ3n) is 4.46. The number of morpholine rings is 1. The molecule has 7 nitrogen and oxygen atoms in total. The van der Waals surface area contributed by atoms with Crippen LogP contribution in [0.1, 0.15) is 0 Å². The van der Waals surface area contributed by atoms with Crippen molar-refractivity contribution in [1.82, 2.24) is 15.5 Å². The monoisotopic (exact) mass is 438 g/mol. The van der Waals surface area contributed by atoms with E-state index in [-0.39, 0.29) is 49.2 Å². The van der Waals surface area contributed by atoms with Gasteiger partial charge in [0, 0.05) is 43.4 Å². The third-order valence-corrected chi connectivity index (χ3v) is 4.69. The maximum Gasteiger partial charge on any atom is 0.242 e. The summed E-state index contributed by atoms with van der Waals surface area (Å²) >= 11 is 6.03. The Morgan fingerprint density at radius 2 is 1.96 bits per heavy atom. The molecule has 3 rings (SSSR count). The number of ether oxygens (including phenoxy) is 1. The largest absolute Gasteiger partial charge is 0.378 e. The Labute approximate surface area is 176 Å². The molecular weight excluding hydrogens is 415 g/mol. The Morgan fingerprint density at radius 1 is 1.22 bits per heavy atom. The first-order valence-electron chi connectivity index (χ1n) is 8.50. The normalized spacial score (nSPS) is 19.5. The second-order valence-corrected chi connectivity index (χ2v) is 6.58. The molecule has 1 atom stereocenters. The zero-order valence-electron chi connectivity index (χ0n) is 14.9. The van der Waals surface area contributed by atoms with Gasteiger partial charge >= 0.3 is 0 Å². The van der Waals surface area contributed by atoms with Crippen molar-refractivity contribution in [3.05, 3.63) is 29.3 Å². The smallest absolute Gasteiger partial charge is 0.242 e. The average molecular weight is 440 g/mol. The van der Waals surface area contributed by atoms with Gasteiger partial charge in [0.2, 0.25) is 11.8 Å². The first-order chi connectivity index (χ1) is 12.1. The molecule has 2 heterocycles. The van der Waals surface area contributed by atoms with Crippen molar-refractivity contribution in [2.24, 2.45) is 0 Å². The maximum atomic E-state index is 12.3. The minimum Gasteiger partial charge on any atom is -0.378 e. The lowest BCUT2D eigenvalue weighted by atomic mass is 10.2. The number of piperazine rings is 1. The number of carbonyl (C=O) groups excluding carboxylic acids is 2. The van der Waals surface area contributed by atoms with Gasteiger partial charge in [-0.15, -0.1) is 24.8 Å². The predicted octanol–water partition coefficient (Wildman–Crippen LogP) is 0.937. The number of hydrogen-bond acceptors (Lipinski definition) is 5. The number of amides is 2. The Kier molecular flexibility index (Phi) is 10.2. The summed E-state index contributed by atoms with van der Waals surface area (Å²) in [5.41, 5.74) is 1.07. The summed E-state index contributed by atoms with van der Waals surface area (Å²) in [6, 6.07) is 7.34. The van der Waals surface area contributed by atoms with Crippen molar-refractivity contribution in [3.8, 4) is 0 Å². The van der Waals surface area contributed by atoms with E-state index in [2.05, 4.69) is 15.5 Å². The summed E-state index contributed by atoms with van der Waals surface area (Å²) in [4.78, 5) is 28.3. The molecule has 27 heavy (non-hydrogen) atoms. The molecule has 2 aliphatic rings. The van der Waals surface area contributed by atoms with Crippen LogP contribution in [0.25, 0.3) is 0 Å². The molecule has 2 N–H and O–H groups in total. The van der Waals surface area contributed by atoms with Crippen molar-refractivity contribution in [1.29, 1.82) is 0 Å². The van der Waals surface area contributed by atoms with E-state index in [0.717, 1.165) is 18.8 Å². The van der Waals surface area contributed by atoms with Crippen LogP contribution in [-0.4, -0.2) is 75.2 Å². The van der Waals surface area contributed by atoms with Crippen molar-refractivity contribution in [2.75, 3.05) is 57.4 Å². The Bertz CT molecular complexity index is 621. The number of benzene rings is 1. The average Bonchev–Trinajstić information content (AvgIpc) is 2.66. The number of anilines is 1. The van der Waals surface area contributed by atoms with E-state index < -0.39 is 0 Å². The molecule has 0 aromatic heterocycles. The van der Waals surface area contributed by atoms with E-state index >= 15 is 0 Å². The minimum absolute atomic E-state index is 0. The summed E-state index contributed by atoms with van der Waals surface area (Å²) in [5.74, 6) is -0.249. The standard InChI is InChI=1S/C17H23ClN4O3.2ClH/c18-13-2-1-3-14(10-13)21-5-7-22(8-6-21)16(23)11-20-17(24)15-12-25-9-4-19-15;;/h1-3,10,15,19H,4-9,11-12H2,(H,20,24);2*1H. The predicted molar refractivity (Wildman–Crippen MR) is 110 cm³/mol. The summed E-state index contributed by atoms with van der Waals surface area (Å²) < 4.78 is 5.25. The quantitative estimate of drug-likeness (QED) is 0.730. The SMILES string of the molecule is Cl.Cl.O=C(NCC(=O)N1CCN(c2cccc(Cl)c2)CC1)C1COCCN1. The highest BCUT2D eigenvalue weighted by Crippen LogP contribution is 2.20. The number of carbonyl (C=O) groups is 2. The maximum absolute atomic E-state index is 12.3. The first-order valence-corrected chi connectivity index (χ1v) is 8.88. The molecule has 10 heteroatoms. The summed E-state index contributed by atoms with van der Waals surface area (Å²) in [6.45, 7) is 4.39. The molecule has 0 bridgehead atoms. The van der Waals surface area contributed by atoms with Crippen molar-refractivity contribution in [3.63, 3.8) is 0 Å². The number of rotatable bonds is 4. The molecule has 1 aromatic carbocycles. The Balaban J connectivity index is 0.00000182. The zero-order valence-corrected chi connectivity index (χ0v) is 17.2. The van der Waals surface area contributed by atoms with Gasteiger partial charge < -0.3 is 25.2 Å². The van der Waals surface area contributed by atoms with Gasteiger partial charge in [-0.05, 0) is 18.2 Å². The molecule has 2 saturated heterocycles. The van der Waals surface area contributed by atoms with Gasteiger partial charge in [0.25, 0.3) is 0 Å². The van der Waals surface area contributed by atoms with Crippen LogP contribution in [0.3, 0.4) is 0 Å². The van der Waals surface area contributed by atoms with E-state index in [1.807, 2.05) is 24.3 Å². The summed E-state index contributed by atoms with van der Waals surface area (Å²) in [7, 11) is 0. The zero-order chi connectivity index (χ0) is 17.6. The fourth-order valence-corrected chi connectivity index (χ4v) is 3.20. The molecule has 0 spiro atoms. The first kappa shape index (κ1) is 23.8. The second-order valence-electron chi connectivity index (χ2n) is 6.15. The van der Waals surface area contributed by atoms with Gasteiger partial charge in [-0.25, -0.2) is 0 Å². The molecule has 0 aliphatic carbocycles. The van der Waals surface area contributed by atoms with Gasteiger partial charge in [-0.1, -0.05) is 17.7 Å². The molecular formula is C17H25Cl3N4O3. The third kappa shape index (κ3) is 6.69. The van der Waals surface area contributed by atoms with Crippen LogP contribution in [0.5, 0.6) is 0 Å². The van der Waals surface area contributed by atoms with Crippen molar-refractivity contribution >= 4 is 53.9 Å². The van der Waals surface area contributed by atoms with E-state index in [0.29, 0.717) is 37.9 Å². The molecule has 0 saturated carbocycles. The van der Waals surface area contributed by atoms with Crippen LogP contribution >= 0.6 is 36.4 Å². The molecule has 2 aliphatic heterocycles. The highest BCUT2D eigenvalue weighted by molar-refractivity contribution is 6.30.